The molecular weight excluding hydrogens is 240 g/mol. The first-order chi connectivity index (χ1) is 7.61. The van der Waals surface area contributed by atoms with Gasteiger partial charge in [-0.2, -0.15) is 12.6 Å². The van der Waals surface area contributed by atoms with Crippen LogP contribution in [0.15, 0.2) is 23.1 Å². The van der Waals surface area contributed by atoms with Gasteiger partial charge in [-0.1, -0.05) is 6.07 Å². The number of carbonyl (C=O) groups is 1. The lowest BCUT2D eigenvalue weighted by Crippen LogP contribution is -2.26. The molecule has 0 saturated heterocycles. The summed E-state index contributed by atoms with van der Waals surface area (Å²) in [6.07, 6.45) is 0. The number of fused-ring (bicyclic) bond motifs is 1. The Balaban J connectivity index is 2.32. The fourth-order valence-electron chi connectivity index (χ4n) is 1.56. The molecule has 0 saturated carbocycles. The fraction of sp³-hybridized carbons (Fsp3) is 0.364. The van der Waals surface area contributed by atoms with Crippen LogP contribution in [-0.4, -0.2) is 16.9 Å². The average Bonchev–Trinajstić information content (AvgIpc) is 2.29. The summed E-state index contributed by atoms with van der Waals surface area (Å²) in [6.45, 7) is 1.90. The van der Waals surface area contributed by atoms with Crippen LogP contribution in [0.4, 0.5) is 5.69 Å². The zero-order chi connectivity index (χ0) is 11.7. The van der Waals surface area contributed by atoms with Gasteiger partial charge >= 0.3 is 0 Å². The first-order valence-electron chi connectivity index (χ1n) is 5.09. The molecule has 3 nitrogen and oxygen atoms in total. The van der Waals surface area contributed by atoms with Gasteiger partial charge in [-0.25, -0.2) is 0 Å². The minimum atomic E-state index is -0.0881. The van der Waals surface area contributed by atoms with Gasteiger partial charge in [0, 0.05) is 16.7 Å². The molecule has 3 N–H and O–H groups in total. The Morgan fingerprint density at radius 1 is 1.62 bits per heavy atom. The second kappa shape index (κ2) is 4.69. The molecule has 0 spiro atoms. The second-order valence-corrected chi connectivity index (χ2v) is 5.54. The molecule has 1 aliphatic heterocycles. The lowest BCUT2D eigenvalue weighted by atomic mass is 10.1. The maximum absolute atomic E-state index is 11.5. The summed E-state index contributed by atoms with van der Waals surface area (Å²) in [5.74, 6) is 0.644. The highest BCUT2D eigenvalue weighted by atomic mass is 32.2. The SMILES string of the molecule is CC1Sc2ccc(C(N)CS)cc2NC1=O. The number of benzene rings is 1. The molecular formula is C11H14N2OS2. The van der Waals surface area contributed by atoms with Crippen molar-refractivity contribution in [1.29, 1.82) is 0 Å². The molecule has 1 heterocycles. The van der Waals surface area contributed by atoms with Gasteiger partial charge in [-0.15, -0.1) is 11.8 Å². The Bertz CT molecular complexity index is 422. The predicted molar refractivity (Wildman–Crippen MR) is 71.2 cm³/mol. The summed E-state index contributed by atoms with van der Waals surface area (Å²) in [4.78, 5) is 12.6. The van der Waals surface area contributed by atoms with Crippen molar-refractivity contribution in [1.82, 2.24) is 0 Å². The highest BCUT2D eigenvalue weighted by Gasteiger charge is 2.23. The van der Waals surface area contributed by atoms with Crippen LogP contribution in [0.2, 0.25) is 0 Å². The number of amides is 1. The van der Waals surface area contributed by atoms with Crippen molar-refractivity contribution in [3.8, 4) is 0 Å². The summed E-state index contributed by atoms with van der Waals surface area (Å²) in [6, 6.07) is 5.85. The Morgan fingerprint density at radius 3 is 3.06 bits per heavy atom. The van der Waals surface area contributed by atoms with E-state index in [4.69, 9.17) is 5.73 Å². The topological polar surface area (TPSA) is 55.1 Å². The molecule has 1 aromatic rings. The van der Waals surface area contributed by atoms with Crippen LogP contribution in [0.3, 0.4) is 0 Å². The standard InChI is InChI=1S/C11H14N2OS2/c1-6-11(14)13-9-4-7(8(12)5-15)2-3-10(9)16-6/h2-4,6,8,15H,5,12H2,1H3,(H,13,14). The third-order valence-electron chi connectivity index (χ3n) is 2.56. The van der Waals surface area contributed by atoms with Gasteiger partial charge in [0.1, 0.15) is 0 Å². The van der Waals surface area contributed by atoms with E-state index in [-0.39, 0.29) is 17.2 Å². The van der Waals surface area contributed by atoms with Crippen molar-refractivity contribution < 1.29 is 4.79 Å². The Labute approximate surface area is 105 Å². The van der Waals surface area contributed by atoms with Gasteiger partial charge < -0.3 is 11.1 Å². The minimum Gasteiger partial charge on any atom is -0.324 e. The van der Waals surface area contributed by atoms with Gasteiger partial charge in [0.2, 0.25) is 5.91 Å². The van der Waals surface area contributed by atoms with E-state index in [1.807, 2.05) is 25.1 Å². The largest absolute Gasteiger partial charge is 0.324 e. The quantitative estimate of drug-likeness (QED) is 0.708. The van der Waals surface area contributed by atoms with E-state index in [1.54, 1.807) is 11.8 Å². The van der Waals surface area contributed by atoms with Gasteiger partial charge in [0.05, 0.1) is 10.9 Å². The van der Waals surface area contributed by atoms with Crippen molar-refractivity contribution in [2.75, 3.05) is 11.1 Å². The van der Waals surface area contributed by atoms with Crippen LogP contribution in [0.5, 0.6) is 0 Å². The van der Waals surface area contributed by atoms with E-state index in [0.29, 0.717) is 5.75 Å². The molecule has 1 aliphatic rings. The predicted octanol–water partition coefficient (Wildman–Crippen LogP) is 2.05. The maximum Gasteiger partial charge on any atom is 0.237 e. The number of hydrogen-bond donors (Lipinski definition) is 3. The highest BCUT2D eigenvalue weighted by molar-refractivity contribution is 8.00. The van der Waals surface area contributed by atoms with Crippen LogP contribution < -0.4 is 11.1 Å². The lowest BCUT2D eigenvalue weighted by Gasteiger charge is -2.22. The summed E-state index contributed by atoms with van der Waals surface area (Å²) in [5.41, 5.74) is 7.76. The van der Waals surface area contributed by atoms with E-state index in [2.05, 4.69) is 17.9 Å². The molecule has 0 aromatic heterocycles. The van der Waals surface area contributed by atoms with Crippen molar-refractivity contribution in [2.45, 2.75) is 23.1 Å². The van der Waals surface area contributed by atoms with E-state index in [0.717, 1.165) is 16.1 Å². The molecule has 1 aromatic carbocycles. The van der Waals surface area contributed by atoms with Gasteiger partial charge in [-0.3, -0.25) is 4.79 Å². The van der Waals surface area contributed by atoms with E-state index in [1.165, 1.54) is 0 Å². The maximum atomic E-state index is 11.5. The van der Waals surface area contributed by atoms with Gasteiger partial charge in [-0.05, 0) is 24.6 Å². The van der Waals surface area contributed by atoms with E-state index >= 15 is 0 Å². The summed E-state index contributed by atoms with van der Waals surface area (Å²) in [5, 5.41) is 2.86. The number of rotatable bonds is 2. The van der Waals surface area contributed by atoms with Crippen LogP contribution in [0.1, 0.15) is 18.5 Å². The molecule has 86 valence electrons. The first-order valence-corrected chi connectivity index (χ1v) is 6.61. The number of hydrogen-bond acceptors (Lipinski definition) is 4. The zero-order valence-electron chi connectivity index (χ0n) is 8.93. The summed E-state index contributed by atoms with van der Waals surface area (Å²) in [7, 11) is 0. The third kappa shape index (κ3) is 2.21. The van der Waals surface area contributed by atoms with Crippen molar-refractivity contribution in [2.24, 2.45) is 5.73 Å². The van der Waals surface area contributed by atoms with Gasteiger partial charge in [0.25, 0.3) is 0 Å². The van der Waals surface area contributed by atoms with Crippen LogP contribution in [-0.2, 0) is 4.79 Å². The Hall–Kier alpha value is -0.650. The van der Waals surface area contributed by atoms with Crippen LogP contribution >= 0.6 is 24.4 Å². The molecule has 2 atom stereocenters. The molecule has 5 heteroatoms. The first kappa shape index (κ1) is 11.8. The van der Waals surface area contributed by atoms with E-state index < -0.39 is 0 Å². The number of thioether (sulfide) groups is 1. The second-order valence-electron chi connectivity index (χ2n) is 3.79. The molecule has 0 radical (unpaired) electrons. The van der Waals surface area contributed by atoms with Gasteiger partial charge in [0.15, 0.2) is 0 Å². The normalized spacial score (nSPS) is 21.2. The van der Waals surface area contributed by atoms with Crippen molar-refractivity contribution in [3.05, 3.63) is 23.8 Å². The lowest BCUT2D eigenvalue weighted by molar-refractivity contribution is -0.115. The summed E-state index contributed by atoms with van der Waals surface area (Å²) < 4.78 is 0. The average molecular weight is 254 g/mol. The molecule has 1 amide bonds. The monoisotopic (exact) mass is 254 g/mol. The zero-order valence-corrected chi connectivity index (χ0v) is 10.6. The van der Waals surface area contributed by atoms with E-state index in [9.17, 15) is 4.79 Å². The van der Waals surface area contributed by atoms with Crippen LogP contribution in [0, 0.1) is 0 Å². The Kier molecular flexibility index (Phi) is 3.47. The number of nitrogens with two attached hydrogens (primary N) is 1. The molecule has 0 bridgehead atoms. The molecule has 2 unspecified atom stereocenters. The Morgan fingerprint density at radius 2 is 2.38 bits per heavy atom. The smallest absolute Gasteiger partial charge is 0.237 e. The summed E-state index contributed by atoms with van der Waals surface area (Å²) >= 11 is 5.74. The van der Waals surface area contributed by atoms with Crippen molar-refractivity contribution >= 4 is 36.0 Å². The molecule has 16 heavy (non-hydrogen) atoms. The van der Waals surface area contributed by atoms with Crippen LogP contribution in [0.25, 0.3) is 0 Å². The molecule has 0 aliphatic carbocycles. The fourth-order valence-corrected chi connectivity index (χ4v) is 2.70. The van der Waals surface area contributed by atoms with Crippen molar-refractivity contribution in [3.63, 3.8) is 0 Å². The third-order valence-corrected chi connectivity index (χ3v) is 4.13. The molecule has 0 fully saturated rings. The highest BCUT2D eigenvalue weighted by Crippen LogP contribution is 2.36. The number of thiol groups is 1. The number of anilines is 1. The number of carbonyl (C=O) groups excluding carboxylic acids is 1. The number of nitrogens with one attached hydrogen (secondary N) is 1. The molecule has 2 rings (SSSR count). The minimum absolute atomic E-state index is 0.0306.